The molecule has 2 aromatic rings. The van der Waals surface area contributed by atoms with Crippen LogP contribution in [0.2, 0.25) is 0 Å². The molecule has 0 aliphatic heterocycles. The first-order valence-corrected chi connectivity index (χ1v) is 5.42. The monoisotopic (exact) mass is 219 g/mol. The second-order valence-corrected chi connectivity index (χ2v) is 4.25. The van der Waals surface area contributed by atoms with Gasteiger partial charge in [-0.15, -0.1) is 0 Å². The number of hydrogen-bond donors (Lipinski definition) is 1. The fraction of sp³-hybridized carbons (Fsp3) is 0.455. The molecule has 5 heteroatoms. The smallest absolute Gasteiger partial charge is 0.213 e. The average Bonchev–Trinajstić information content (AvgIpc) is 2.82. The molecule has 16 heavy (non-hydrogen) atoms. The Morgan fingerprint density at radius 1 is 1.56 bits per heavy atom. The summed E-state index contributed by atoms with van der Waals surface area (Å²) in [7, 11) is 0. The van der Waals surface area contributed by atoms with Crippen LogP contribution in [-0.2, 0) is 6.54 Å². The third-order valence-corrected chi connectivity index (χ3v) is 2.91. The van der Waals surface area contributed by atoms with E-state index in [1.54, 1.807) is 0 Å². The molecule has 1 aliphatic rings. The summed E-state index contributed by atoms with van der Waals surface area (Å²) in [5, 5.41) is 13.7. The van der Waals surface area contributed by atoms with Gasteiger partial charge in [0.1, 0.15) is 0 Å². The van der Waals surface area contributed by atoms with Crippen molar-refractivity contribution < 1.29 is 9.63 Å². The van der Waals surface area contributed by atoms with Crippen LogP contribution in [-0.4, -0.2) is 19.8 Å². The number of nitrogens with zero attached hydrogens (tertiary/aromatic N) is 3. The normalized spacial score (nSPS) is 17.6. The van der Waals surface area contributed by atoms with E-state index in [2.05, 4.69) is 14.7 Å². The van der Waals surface area contributed by atoms with Crippen LogP contribution in [0.15, 0.2) is 29.4 Å². The molecule has 3 rings (SSSR count). The van der Waals surface area contributed by atoms with Crippen molar-refractivity contribution in [2.45, 2.75) is 25.5 Å². The van der Waals surface area contributed by atoms with Gasteiger partial charge in [-0.2, -0.15) is 4.98 Å². The van der Waals surface area contributed by atoms with Crippen molar-refractivity contribution in [2.24, 2.45) is 5.92 Å². The minimum atomic E-state index is -0.313. The van der Waals surface area contributed by atoms with Crippen molar-refractivity contribution in [3.63, 3.8) is 0 Å². The number of hydrogen-bond acceptors (Lipinski definition) is 4. The molecule has 84 valence electrons. The van der Waals surface area contributed by atoms with Crippen molar-refractivity contribution in [3.05, 3.63) is 36.2 Å². The summed E-state index contributed by atoms with van der Waals surface area (Å²) in [6, 6.07) is 1.95. The number of aromatic nitrogens is 3. The van der Waals surface area contributed by atoms with Crippen LogP contribution in [0, 0.1) is 5.92 Å². The Bertz CT molecular complexity index is 459. The fourth-order valence-corrected chi connectivity index (χ4v) is 1.84. The minimum absolute atomic E-state index is 0.313. The fourth-order valence-electron chi connectivity index (χ4n) is 1.84. The van der Waals surface area contributed by atoms with Crippen LogP contribution in [0.25, 0.3) is 0 Å². The maximum atomic E-state index is 9.94. The molecule has 2 aromatic heterocycles. The van der Waals surface area contributed by atoms with Gasteiger partial charge >= 0.3 is 0 Å². The molecule has 1 fully saturated rings. The summed E-state index contributed by atoms with van der Waals surface area (Å²) in [5.41, 5.74) is 0.978. The Kier molecular flexibility index (Phi) is 2.25. The second kappa shape index (κ2) is 3.75. The van der Waals surface area contributed by atoms with E-state index in [1.807, 2.05) is 23.0 Å². The summed E-state index contributed by atoms with van der Waals surface area (Å²) in [5.74, 6) is 1.10. The Hall–Kier alpha value is -1.62. The van der Waals surface area contributed by atoms with Crippen molar-refractivity contribution in [2.75, 3.05) is 0 Å². The summed E-state index contributed by atoms with van der Waals surface area (Å²) in [6.07, 6.45) is 7.15. The zero-order valence-electron chi connectivity index (χ0n) is 8.78. The highest BCUT2D eigenvalue weighted by Crippen LogP contribution is 2.40. The Labute approximate surface area is 92.7 Å². The molecule has 0 bridgehead atoms. The van der Waals surface area contributed by atoms with Crippen LogP contribution in [0.1, 0.15) is 30.3 Å². The zero-order chi connectivity index (χ0) is 11.0. The molecular weight excluding hydrogens is 206 g/mol. The SMILES string of the molecule is OC(c1ccn(Cc2ncon2)c1)C1CC1. The van der Waals surface area contributed by atoms with Crippen molar-refractivity contribution in [1.82, 2.24) is 14.7 Å². The number of aliphatic hydroxyl groups is 1. The lowest BCUT2D eigenvalue weighted by molar-refractivity contribution is 0.154. The molecule has 1 atom stereocenters. The third kappa shape index (κ3) is 1.86. The molecule has 2 heterocycles. The van der Waals surface area contributed by atoms with Gasteiger partial charge in [-0.3, -0.25) is 0 Å². The molecular formula is C11H13N3O2. The summed E-state index contributed by atoms with van der Waals surface area (Å²) >= 11 is 0. The predicted molar refractivity (Wildman–Crippen MR) is 55.5 cm³/mol. The quantitative estimate of drug-likeness (QED) is 0.843. The number of rotatable bonds is 4. The van der Waals surface area contributed by atoms with Gasteiger partial charge in [-0.25, -0.2) is 0 Å². The lowest BCUT2D eigenvalue weighted by atomic mass is 10.1. The van der Waals surface area contributed by atoms with Gasteiger partial charge in [0, 0.05) is 12.4 Å². The van der Waals surface area contributed by atoms with E-state index in [4.69, 9.17) is 0 Å². The second-order valence-electron chi connectivity index (χ2n) is 4.25. The zero-order valence-corrected chi connectivity index (χ0v) is 8.78. The molecule has 0 radical (unpaired) electrons. The molecule has 0 spiro atoms. The maximum Gasteiger partial charge on any atom is 0.213 e. The van der Waals surface area contributed by atoms with E-state index in [0.717, 1.165) is 18.4 Å². The third-order valence-electron chi connectivity index (χ3n) is 2.91. The Morgan fingerprint density at radius 3 is 3.12 bits per heavy atom. The predicted octanol–water partition coefficient (Wildman–Crippen LogP) is 1.36. The van der Waals surface area contributed by atoms with E-state index in [-0.39, 0.29) is 6.10 Å². The highest BCUT2D eigenvalue weighted by Gasteiger charge is 2.31. The molecule has 0 saturated heterocycles. The standard InChI is InChI=1S/C11H13N3O2/c15-11(8-1-2-8)9-3-4-14(5-9)6-10-12-7-16-13-10/h3-5,7-8,11,15H,1-2,6H2. The van der Waals surface area contributed by atoms with Crippen molar-refractivity contribution in [1.29, 1.82) is 0 Å². The van der Waals surface area contributed by atoms with Crippen LogP contribution >= 0.6 is 0 Å². The number of aliphatic hydroxyl groups excluding tert-OH is 1. The van der Waals surface area contributed by atoms with Gasteiger partial charge in [0.05, 0.1) is 12.6 Å². The summed E-state index contributed by atoms with van der Waals surface area (Å²) in [6.45, 7) is 0.577. The molecule has 1 aliphatic carbocycles. The van der Waals surface area contributed by atoms with Gasteiger partial charge in [0.2, 0.25) is 6.39 Å². The lowest BCUT2D eigenvalue weighted by Crippen LogP contribution is -2.00. The molecule has 0 aromatic carbocycles. The Morgan fingerprint density at radius 2 is 2.44 bits per heavy atom. The lowest BCUT2D eigenvalue weighted by Gasteiger charge is -2.05. The maximum absolute atomic E-state index is 9.94. The van der Waals surface area contributed by atoms with Gasteiger partial charge in [0.15, 0.2) is 5.82 Å². The molecule has 1 N–H and O–H groups in total. The largest absolute Gasteiger partial charge is 0.388 e. The van der Waals surface area contributed by atoms with Gasteiger partial charge < -0.3 is 14.2 Å². The van der Waals surface area contributed by atoms with E-state index >= 15 is 0 Å². The Balaban J connectivity index is 1.72. The minimum Gasteiger partial charge on any atom is -0.388 e. The topological polar surface area (TPSA) is 64.1 Å². The molecule has 5 nitrogen and oxygen atoms in total. The van der Waals surface area contributed by atoms with Gasteiger partial charge in [0.25, 0.3) is 0 Å². The van der Waals surface area contributed by atoms with Crippen LogP contribution in [0.3, 0.4) is 0 Å². The first-order valence-electron chi connectivity index (χ1n) is 5.42. The van der Waals surface area contributed by atoms with E-state index in [9.17, 15) is 5.11 Å². The van der Waals surface area contributed by atoms with E-state index in [1.165, 1.54) is 6.39 Å². The van der Waals surface area contributed by atoms with Crippen LogP contribution in [0.4, 0.5) is 0 Å². The highest BCUT2D eigenvalue weighted by molar-refractivity contribution is 5.16. The van der Waals surface area contributed by atoms with E-state index in [0.29, 0.717) is 18.3 Å². The molecule has 0 amide bonds. The summed E-state index contributed by atoms with van der Waals surface area (Å²) < 4.78 is 6.62. The van der Waals surface area contributed by atoms with Crippen molar-refractivity contribution >= 4 is 0 Å². The molecule has 1 unspecified atom stereocenters. The van der Waals surface area contributed by atoms with E-state index < -0.39 is 0 Å². The van der Waals surface area contributed by atoms with Gasteiger partial charge in [-0.05, 0) is 30.4 Å². The first-order chi connectivity index (χ1) is 7.83. The molecule has 1 saturated carbocycles. The average molecular weight is 219 g/mol. The van der Waals surface area contributed by atoms with Crippen LogP contribution in [0.5, 0.6) is 0 Å². The first kappa shape index (κ1) is 9.59. The van der Waals surface area contributed by atoms with Gasteiger partial charge in [-0.1, -0.05) is 5.16 Å². The highest BCUT2D eigenvalue weighted by atomic mass is 16.5. The van der Waals surface area contributed by atoms with Crippen LogP contribution < -0.4 is 0 Å². The van der Waals surface area contributed by atoms with Crippen molar-refractivity contribution in [3.8, 4) is 0 Å². The summed E-state index contributed by atoms with van der Waals surface area (Å²) in [4.78, 5) is 3.95.